The molecule has 0 saturated heterocycles. The molecule has 1 aromatic carbocycles. The van der Waals surface area contributed by atoms with E-state index in [1.165, 1.54) is 16.7 Å². The summed E-state index contributed by atoms with van der Waals surface area (Å²) in [6, 6.07) is 8.51. The number of aryl methyl sites for hydroxylation is 2. The number of hydrogen-bond donors (Lipinski definition) is 0. The van der Waals surface area contributed by atoms with Crippen LogP contribution in [0.4, 0.5) is 0 Å². The minimum Gasteiger partial charge on any atom is -0.320 e. The van der Waals surface area contributed by atoms with Crippen LogP contribution in [0, 0.1) is 0 Å². The Morgan fingerprint density at radius 1 is 1.24 bits per heavy atom. The van der Waals surface area contributed by atoms with E-state index in [0.29, 0.717) is 0 Å². The third-order valence-electron chi connectivity index (χ3n) is 3.38. The molecule has 0 atom stereocenters. The fourth-order valence-corrected chi connectivity index (χ4v) is 2.58. The Bertz CT molecular complexity index is 638. The molecule has 86 valence electrons. The van der Waals surface area contributed by atoms with Crippen molar-refractivity contribution in [3.8, 4) is 11.3 Å². The van der Waals surface area contributed by atoms with Gasteiger partial charge >= 0.3 is 0 Å². The molecular formula is C14H15N3. The van der Waals surface area contributed by atoms with Crippen molar-refractivity contribution < 1.29 is 0 Å². The summed E-state index contributed by atoms with van der Waals surface area (Å²) in [5.41, 5.74) is 6.08. The minimum atomic E-state index is 1.03. The summed E-state index contributed by atoms with van der Waals surface area (Å²) in [5, 5.41) is 0. The molecule has 0 radical (unpaired) electrons. The molecule has 17 heavy (non-hydrogen) atoms. The molecule has 2 aromatic rings. The first-order valence-electron chi connectivity index (χ1n) is 5.87. The maximum absolute atomic E-state index is 4.57. The number of rotatable bonds is 0. The predicted molar refractivity (Wildman–Crippen MR) is 67.5 cm³/mol. The van der Waals surface area contributed by atoms with Gasteiger partial charge in [0, 0.05) is 25.2 Å². The van der Waals surface area contributed by atoms with Gasteiger partial charge in [0.2, 0.25) is 0 Å². The summed E-state index contributed by atoms with van der Waals surface area (Å²) >= 11 is 0. The fraction of sp³-hybridized carbons (Fsp3) is 0.286. The van der Waals surface area contributed by atoms with E-state index in [0.717, 1.165) is 24.0 Å². The first-order chi connectivity index (χ1) is 8.31. The minimum absolute atomic E-state index is 1.03. The van der Waals surface area contributed by atoms with Crippen LogP contribution in [-0.2, 0) is 19.9 Å². The highest BCUT2D eigenvalue weighted by Crippen LogP contribution is 2.29. The molecule has 1 aliphatic rings. The van der Waals surface area contributed by atoms with Gasteiger partial charge < -0.3 is 4.57 Å². The molecule has 0 unspecified atom stereocenters. The second kappa shape index (κ2) is 3.84. The summed E-state index contributed by atoms with van der Waals surface area (Å²) in [7, 11) is 3.84. The molecule has 0 fully saturated rings. The van der Waals surface area contributed by atoms with Gasteiger partial charge in [0.05, 0.1) is 12.0 Å². The largest absolute Gasteiger partial charge is 0.320 e. The molecule has 0 spiro atoms. The maximum Gasteiger partial charge on any atom is 0.133 e. The Kier molecular flexibility index (Phi) is 2.32. The van der Waals surface area contributed by atoms with Crippen molar-refractivity contribution >= 4 is 0 Å². The lowest BCUT2D eigenvalue weighted by atomic mass is 9.90. The highest BCUT2D eigenvalue weighted by Gasteiger charge is 2.18. The average Bonchev–Trinajstić information content (AvgIpc) is 2.38. The molecule has 1 aromatic heterocycles. The summed E-state index contributed by atoms with van der Waals surface area (Å²) in [4.78, 5) is 8.95. The van der Waals surface area contributed by atoms with Gasteiger partial charge in [0.25, 0.3) is 0 Å². The highest BCUT2D eigenvalue weighted by molar-refractivity contribution is 5.68. The summed E-state index contributed by atoms with van der Waals surface area (Å²) in [5.74, 6) is 0. The van der Waals surface area contributed by atoms with Gasteiger partial charge in [-0.25, -0.2) is 4.98 Å². The van der Waals surface area contributed by atoms with Gasteiger partial charge in [-0.15, -0.1) is 0 Å². The van der Waals surface area contributed by atoms with E-state index in [4.69, 9.17) is 0 Å². The first-order valence-corrected chi connectivity index (χ1v) is 5.87. The standard InChI is InChI=1S/C14H15N3/c1-15-14-12-8-7-10-5-3-4-6-11(10)13(12)16-9-17(14)2/h3-6,9H,7-8H2,1-2H3. The molecule has 1 heterocycles. The number of fused-ring (bicyclic) bond motifs is 3. The zero-order chi connectivity index (χ0) is 11.8. The molecule has 3 rings (SSSR count). The normalized spacial score (nSPS) is 14.4. The van der Waals surface area contributed by atoms with Gasteiger partial charge in [0.15, 0.2) is 0 Å². The van der Waals surface area contributed by atoms with E-state index in [1.54, 1.807) is 0 Å². The van der Waals surface area contributed by atoms with Crippen molar-refractivity contribution in [2.45, 2.75) is 12.8 Å². The SMILES string of the molecule is CN=c1c2c(ncn1C)-c1ccccc1CC2. The van der Waals surface area contributed by atoms with Crippen LogP contribution >= 0.6 is 0 Å². The molecule has 1 aliphatic carbocycles. The Morgan fingerprint density at radius 3 is 2.88 bits per heavy atom. The Labute approximate surface area is 100 Å². The van der Waals surface area contributed by atoms with Crippen LogP contribution in [0.5, 0.6) is 0 Å². The monoisotopic (exact) mass is 225 g/mol. The van der Waals surface area contributed by atoms with E-state index in [2.05, 4.69) is 34.2 Å². The summed E-state index contributed by atoms with van der Waals surface area (Å²) in [6.07, 6.45) is 3.96. The van der Waals surface area contributed by atoms with Crippen molar-refractivity contribution in [3.63, 3.8) is 0 Å². The summed E-state index contributed by atoms with van der Waals surface area (Å²) in [6.45, 7) is 0. The lowest BCUT2D eigenvalue weighted by Crippen LogP contribution is -2.26. The summed E-state index contributed by atoms with van der Waals surface area (Å²) < 4.78 is 1.99. The first kappa shape index (κ1) is 10.3. The predicted octanol–water partition coefficient (Wildman–Crippen LogP) is 1.72. The molecule has 0 aliphatic heterocycles. The molecule has 0 amide bonds. The van der Waals surface area contributed by atoms with Crippen molar-refractivity contribution in [2.75, 3.05) is 7.05 Å². The Hall–Kier alpha value is -1.90. The lowest BCUT2D eigenvalue weighted by molar-refractivity contribution is 0.755. The van der Waals surface area contributed by atoms with E-state index >= 15 is 0 Å². The van der Waals surface area contributed by atoms with Crippen LogP contribution in [0.15, 0.2) is 35.6 Å². The number of nitrogens with zero attached hydrogens (tertiary/aromatic N) is 3. The fourth-order valence-electron chi connectivity index (χ4n) is 2.58. The average molecular weight is 225 g/mol. The van der Waals surface area contributed by atoms with Crippen LogP contribution in [0.3, 0.4) is 0 Å². The van der Waals surface area contributed by atoms with Crippen LogP contribution in [-0.4, -0.2) is 16.6 Å². The Balaban J connectivity index is 2.36. The molecule has 0 N–H and O–H groups in total. The second-order valence-corrected chi connectivity index (χ2v) is 4.39. The zero-order valence-electron chi connectivity index (χ0n) is 10.1. The van der Waals surface area contributed by atoms with Crippen LogP contribution < -0.4 is 5.49 Å². The lowest BCUT2D eigenvalue weighted by Gasteiger charge is -2.19. The topological polar surface area (TPSA) is 30.2 Å². The second-order valence-electron chi connectivity index (χ2n) is 4.39. The molecule has 0 bridgehead atoms. The van der Waals surface area contributed by atoms with Crippen LogP contribution in [0.25, 0.3) is 11.3 Å². The molecule has 3 nitrogen and oxygen atoms in total. The molecular weight excluding hydrogens is 210 g/mol. The molecule has 3 heteroatoms. The third kappa shape index (κ3) is 1.50. The van der Waals surface area contributed by atoms with Crippen LogP contribution in [0.1, 0.15) is 11.1 Å². The molecule has 0 saturated carbocycles. The van der Waals surface area contributed by atoms with E-state index in [-0.39, 0.29) is 0 Å². The van der Waals surface area contributed by atoms with Gasteiger partial charge in [-0.2, -0.15) is 0 Å². The van der Waals surface area contributed by atoms with E-state index in [1.807, 2.05) is 25.0 Å². The smallest absolute Gasteiger partial charge is 0.133 e. The Morgan fingerprint density at radius 2 is 2.06 bits per heavy atom. The van der Waals surface area contributed by atoms with Crippen LogP contribution in [0.2, 0.25) is 0 Å². The third-order valence-corrected chi connectivity index (χ3v) is 3.38. The van der Waals surface area contributed by atoms with Gasteiger partial charge in [-0.05, 0) is 18.4 Å². The van der Waals surface area contributed by atoms with Crippen molar-refractivity contribution in [1.29, 1.82) is 0 Å². The van der Waals surface area contributed by atoms with Gasteiger partial charge in [0.1, 0.15) is 5.49 Å². The van der Waals surface area contributed by atoms with Crippen molar-refractivity contribution in [3.05, 3.63) is 47.2 Å². The quantitative estimate of drug-likeness (QED) is 0.671. The van der Waals surface area contributed by atoms with E-state index < -0.39 is 0 Å². The maximum atomic E-state index is 4.57. The number of aromatic nitrogens is 2. The van der Waals surface area contributed by atoms with E-state index in [9.17, 15) is 0 Å². The zero-order valence-corrected chi connectivity index (χ0v) is 10.1. The number of benzene rings is 1. The van der Waals surface area contributed by atoms with Gasteiger partial charge in [-0.3, -0.25) is 4.99 Å². The van der Waals surface area contributed by atoms with Gasteiger partial charge in [-0.1, -0.05) is 24.3 Å². The van der Waals surface area contributed by atoms with Crippen molar-refractivity contribution in [2.24, 2.45) is 12.0 Å². The highest BCUT2D eigenvalue weighted by atomic mass is 15.0. The van der Waals surface area contributed by atoms with Crippen molar-refractivity contribution in [1.82, 2.24) is 9.55 Å². The number of hydrogen-bond acceptors (Lipinski definition) is 2.